The van der Waals surface area contributed by atoms with Gasteiger partial charge in [0, 0.05) is 31.6 Å². The van der Waals surface area contributed by atoms with Crippen LogP contribution in [0.3, 0.4) is 0 Å². The second-order valence-corrected chi connectivity index (χ2v) is 9.02. The average Bonchev–Trinajstić information content (AvgIpc) is 2.69. The standard InChI is InChI=1S/C20H27FN4O2S/c1-14(12-21)17-4-6-18(7-5-17)28(26,27)24-19-8-9-20(23-16(19)3)25-11-10-22-15(2)13-25/h4-9,14-15,22,24H,10-13H2,1-3H3/t14-,15-/m0/s1. The molecule has 6 nitrogen and oxygen atoms in total. The summed E-state index contributed by atoms with van der Waals surface area (Å²) in [6.07, 6.45) is 0. The first-order chi connectivity index (χ1) is 13.3. The Morgan fingerprint density at radius 2 is 2.00 bits per heavy atom. The summed E-state index contributed by atoms with van der Waals surface area (Å²) in [5.41, 5.74) is 1.84. The van der Waals surface area contributed by atoms with Crippen molar-refractivity contribution in [3.05, 3.63) is 47.7 Å². The van der Waals surface area contributed by atoms with Crippen molar-refractivity contribution >= 4 is 21.5 Å². The van der Waals surface area contributed by atoms with Gasteiger partial charge < -0.3 is 10.2 Å². The fourth-order valence-electron chi connectivity index (χ4n) is 3.24. The molecule has 3 rings (SSSR count). The van der Waals surface area contributed by atoms with E-state index in [2.05, 4.69) is 26.8 Å². The molecular formula is C20H27FN4O2S. The number of nitrogens with zero attached hydrogens (tertiary/aromatic N) is 2. The number of aromatic nitrogens is 1. The summed E-state index contributed by atoms with van der Waals surface area (Å²) in [5.74, 6) is 0.592. The van der Waals surface area contributed by atoms with Crippen LogP contribution in [0.25, 0.3) is 0 Å². The molecule has 1 aliphatic heterocycles. The van der Waals surface area contributed by atoms with Crippen LogP contribution in [0.15, 0.2) is 41.3 Å². The number of hydrogen-bond donors (Lipinski definition) is 2. The van der Waals surface area contributed by atoms with E-state index in [4.69, 9.17) is 0 Å². The van der Waals surface area contributed by atoms with Gasteiger partial charge in [-0.15, -0.1) is 0 Å². The van der Waals surface area contributed by atoms with Gasteiger partial charge in [0.2, 0.25) is 0 Å². The number of halogens is 1. The summed E-state index contributed by atoms with van der Waals surface area (Å²) in [6.45, 7) is 7.82. The first-order valence-electron chi connectivity index (χ1n) is 9.45. The molecule has 0 amide bonds. The first-order valence-corrected chi connectivity index (χ1v) is 10.9. The van der Waals surface area contributed by atoms with E-state index in [1.165, 1.54) is 12.1 Å². The minimum absolute atomic E-state index is 0.140. The maximum Gasteiger partial charge on any atom is 0.261 e. The van der Waals surface area contributed by atoms with Crippen molar-refractivity contribution in [1.29, 1.82) is 0 Å². The molecule has 1 saturated heterocycles. The molecule has 0 bridgehead atoms. The molecular weight excluding hydrogens is 379 g/mol. The SMILES string of the molecule is Cc1nc(N2CCN[C@@H](C)C2)ccc1NS(=O)(=O)c1ccc([C@@H](C)CF)cc1. The monoisotopic (exact) mass is 406 g/mol. The quantitative estimate of drug-likeness (QED) is 0.771. The number of alkyl halides is 1. The molecule has 1 aliphatic rings. The molecule has 2 N–H and O–H groups in total. The van der Waals surface area contributed by atoms with E-state index in [1.807, 2.05) is 6.07 Å². The van der Waals surface area contributed by atoms with Crippen molar-refractivity contribution in [2.45, 2.75) is 37.6 Å². The van der Waals surface area contributed by atoms with Gasteiger partial charge in [0.15, 0.2) is 0 Å². The Morgan fingerprint density at radius 3 is 2.61 bits per heavy atom. The fraction of sp³-hybridized carbons (Fsp3) is 0.450. The van der Waals surface area contributed by atoms with Crippen LogP contribution in [0.5, 0.6) is 0 Å². The third kappa shape index (κ3) is 4.62. The lowest BCUT2D eigenvalue weighted by Gasteiger charge is -2.33. The second-order valence-electron chi connectivity index (χ2n) is 7.33. The number of anilines is 2. The Bertz CT molecular complexity index is 918. The molecule has 152 valence electrons. The molecule has 1 aromatic carbocycles. The van der Waals surface area contributed by atoms with Gasteiger partial charge in [-0.3, -0.25) is 9.11 Å². The molecule has 2 heterocycles. The summed E-state index contributed by atoms with van der Waals surface area (Å²) in [6, 6.07) is 10.3. The molecule has 0 saturated carbocycles. The Kier molecular flexibility index (Phi) is 6.20. The molecule has 28 heavy (non-hydrogen) atoms. The zero-order valence-corrected chi connectivity index (χ0v) is 17.3. The van der Waals surface area contributed by atoms with Gasteiger partial charge in [0.1, 0.15) is 5.82 Å². The summed E-state index contributed by atoms with van der Waals surface area (Å²) >= 11 is 0. The van der Waals surface area contributed by atoms with E-state index in [-0.39, 0.29) is 10.8 Å². The Morgan fingerprint density at radius 1 is 1.29 bits per heavy atom. The van der Waals surface area contributed by atoms with Gasteiger partial charge in [0.25, 0.3) is 10.0 Å². The normalized spacial score (nSPS) is 18.7. The van der Waals surface area contributed by atoms with E-state index in [9.17, 15) is 12.8 Å². The largest absolute Gasteiger partial charge is 0.354 e. The van der Waals surface area contributed by atoms with Crippen molar-refractivity contribution in [2.75, 3.05) is 35.9 Å². The Labute approximate surface area is 166 Å². The molecule has 0 unspecified atom stereocenters. The molecule has 0 aliphatic carbocycles. The number of rotatable bonds is 6. The lowest BCUT2D eigenvalue weighted by atomic mass is 10.0. The second kappa shape index (κ2) is 8.45. The van der Waals surface area contributed by atoms with Gasteiger partial charge in [-0.25, -0.2) is 13.4 Å². The third-order valence-corrected chi connectivity index (χ3v) is 6.38. The van der Waals surface area contributed by atoms with Crippen molar-refractivity contribution in [3.63, 3.8) is 0 Å². The summed E-state index contributed by atoms with van der Waals surface area (Å²) in [4.78, 5) is 6.92. The molecule has 1 fully saturated rings. The fourth-order valence-corrected chi connectivity index (χ4v) is 4.36. The van der Waals surface area contributed by atoms with Crippen LogP contribution in [0.2, 0.25) is 0 Å². The number of hydrogen-bond acceptors (Lipinski definition) is 5. The highest BCUT2D eigenvalue weighted by Crippen LogP contribution is 2.24. The highest BCUT2D eigenvalue weighted by Gasteiger charge is 2.20. The topological polar surface area (TPSA) is 74.3 Å². The first kappa shape index (κ1) is 20.5. The number of sulfonamides is 1. The van der Waals surface area contributed by atoms with Crippen LogP contribution < -0.4 is 14.9 Å². The number of aryl methyl sites for hydroxylation is 1. The van der Waals surface area contributed by atoms with Crippen molar-refractivity contribution in [2.24, 2.45) is 0 Å². The highest BCUT2D eigenvalue weighted by molar-refractivity contribution is 7.92. The number of piperazine rings is 1. The maximum atomic E-state index is 12.8. The van der Waals surface area contributed by atoms with Crippen LogP contribution in [0.1, 0.15) is 31.0 Å². The minimum Gasteiger partial charge on any atom is -0.354 e. The van der Waals surface area contributed by atoms with Crippen LogP contribution in [-0.2, 0) is 10.0 Å². The third-order valence-electron chi connectivity index (χ3n) is 5.00. The van der Waals surface area contributed by atoms with Gasteiger partial charge in [-0.2, -0.15) is 0 Å². The zero-order valence-electron chi connectivity index (χ0n) is 16.4. The van der Waals surface area contributed by atoms with Crippen molar-refractivity contribution < 1.29 is 12.8 Å². The number of pyridine rings is 1. The van der Waals surface area contributed by atoms with Crippen LogP contribution in [0.4, 0.5) is 15.9 Å². The van der Waals surface area contributed by atoms with Crippen LogP contribution in [-0.4, -0.2) is 45.8 Å². The van der Waals surface area contributed by atoms with Gasteiger partial charge in [-0.05, 0) is 43.7 Å². The summed E-state index contributed by atoms with van der Waals surface area (Å²) in [5, 5.41) is 3.39. The van der Waals surface area contributed by atoms with Gasteiger partial charge >= 0.3 is 0 Å². The minimum atomic E-state index is -3.74. The average molecular weight is 407 g/mol. The van der Waals surface area contributed by atoms with Crippen molar-refractivity contribution in [3.8, 4) is 0 Å². The number of benzene rings is 1. The van der Waals surface area contributed by atoms with E-state index < -0.39 is 16.7 Å². The van der Waals surface area contributed by atoms with E-state index in [0.717, 1.165) is 31.0 Å². The van der Waals surface area contributed by atoms with Gasteiger partial charge in [0.05, 0.1) is 23.0 Å². The van der Waals surface area contributed by atoms with E-state index in [1.54, 1.807) is 32.0 Å². The summed E-state index contributed by atoms with van der Waals surface area (Å²) < 4.78 is 40.8. The molecule has 0 spiro atoms. The molecule has 8 heteroatoms. The zero-order chi connectivity index (χ0) is 20.3. The Balaban J connectivity index is 1.76. The van der Waals surface area contributed by atoms with E-state index >= 15 is 0 Å². The Hall–Kier alpha value is -2.19. The van der Waals surface area contributed by atoms with Crippen LogP contribution >= 0.6 is 0 Å². The smallest absolute Gasteiger partial charge is 0.261 e. The predicted molar refractivity (Wildman–Crippen MR) is 110 cm³/mol. The van der Waals surface area contributed by atoms with E-state index in [0.29, 0.717) is 17.4 Å². The predicted octanol–water partition coefficient (Wildman–Crippen LogP) is 3.06. The molecule has 2 atom stereocenters. The van der Waals surface area contributed by atoms with Crippen LogP contribution in [0, 0.1) is 6.92 Å². The van der Waals surface area contributed by atoms with Crippen molar-refractivity contribution in [1.82, 2.24) is 10.3 Å². The lowest BCUT2D eigenvalue weighted by molar-refractivity contribution is 0.447. The molecule has 1 aromatic heterocycles. The maximum absolute atomic E-state index is 12.8. The highest BCUT2D eigenvalue weighted by atomic mass is 32.2. The summed E-state index contributed by atoms with van der Waals surface area (Å²) in [7, 11) is -3.74. The van der Waals surface area contributed by atoms with Gasteiger partial charge in [-0.1, -0.05) is 19.1 Å². The molecule has 0 radical (unpaired) electrons. The number of nitrogens with one attached hydrogen (secondary N) is 2. The molecule has 2 aromatic rings. The lowest BCUT2D eigenvalue weighted by Crippen LogP contribution is -2.49.